The third-order valence-corrected chi connectivity index (χ3v) is 0.975. The van der Waals surface area contributed by atoms with Crippen LogP contribution >= 0.6 is 0 Å². The van der Waals surface area contributed by atoms with Crippen molar-refractivity contribution in [3.05, 3.63) is 13.2 Å². The van der Waals surface area contributed by atoms with E-state index in [2.05, 4.69) is 32.6 Å². The van der Waals surface area contributed by atoms with Gasteiger partial charge in [0, 0.05) is 0 Å². The third-order valence-electron chi connectivity index (χ3n) is 0.975. The second kappa shape index (κ2) is 9.68. The van der Waals surface area contributed by atoms with E-state index in [1.807, 2.05) is 0 Å². The maximum Gasteiger partial charge on any atom is 0.169 e. The summed E-state index contributed by atoms with van der Waals surface area (Å²) in [6.07, 6.45) is 2.97. The molecule has 4 heteroatoms. The molecule has 0 radical (unpaired) electrons. The first kappa shape index (κ1) is 10.7. The van der Waals surface area contributed by atoms with Crippen LogP contribution in [0.3, 0.4) is 0 Å². The van der Waals surface area contributed by atoms with Gasteiger partial charge in [-0.1, -0.05) is 0 Å². The van der Waals surface area contributed by atoms with E-state index in [4.69, 9.17) is 0 Å². The molecule has 0 aromatic carbocycles. The summed E-state index contributed by atoms with van der Waals surface area (Å²) in [7, 11) is 0. The third kappa shape index (κ3) is 6.80. The molecule has 0 saturated carbocycles. The van der Waals surface area contributed by atoms with Gasteiger partial charge in [-0.2, -0.15) is 0 Å². The standard InChI is InChI=1S/2C3H5NO.C2H4/c2*1-2-5-3-4-1;1-2/h2*3H,1-2H2;1-2H2. The van der Waals surface area contributed by atoms with E-state index in [1.165, 1.54) is 12.8 Å². The molecule has 68 valence electrons. The first-order chi connectivity index (χ1) is 6.00. The first-order valence-corrected chi connectivity index (χ1v) is 3.70. The molecule has 0 aromatic heterocycles. The highest BCUT2D eigenvalue weighted by Gasteiger charge is 1.85. The Bertz CT molecular complexity index is 118. The summed E-state index contributed by atoms with van der Waals surface area (Å²) in [6, 6.07) is 0. The Hall–Kier alpha value is -1.32. The van der Waals surface area contributed by atoms with Gasteiger partial charge in [-0.05, 0) is 0 Å². The second-order valence-corrected chi connectivity index (χ2v) is 1.76. The van der Waals surface area contributed by atoms with Crippen molar-refractivity contribution in [3.63, 3.8) is 0 Å². The van der Waals surface area contributed by atoms with Crippen LogP contribution in [0.2, 0.25) is 0 Å². The molecule has 12 heavy (non-hydrogen) atoms. The van der Waals surface area contributed by atoms with E-state index in [1.54, 1.807) is 0 Å². The van der Waals surface area contributed by atoms with E-state index in [0.29, 0.717) is 0 Å². The zero-order valence-corrected chi connectivity index (χ0v) is 7.11. The molecule has 0 saturated heterocycles. The summed E-state index contributed by atoms with van der Waals surface area (Å²) in [5, 5.41) is 0. The maximum atomic E-state index is 4.65. The van der Waals surface area contributed by atoms with Crippen LogP contribution in [-0.4, -0.2) is 39.1 Å². The SMILES string of the molecule is C1=NCCO1.C1=NCCO1.C=C. The number of hydrogen-bond donors (Lipinski definition) is 0. The van der Waals surface area contributed by atoms with Gasteiger partial charge in [-0.3, -0.25) is 9.98 Å². The average Bonchev–Trinajstić information content (AvgIpc) is 2.87. The zero-order valence-electron chi connectivity index (χ0n) is 7.11. The second-order valence-electron chi connectivity index (χ2n) is 1.76. The van der Waals surface area contributed by atoms with Crippen LogP contribution in [-0.2, 0) is 9.47 Å². The first-order valence-electron chi connectivity index (χ1n) is 3.70. The molecule has 0 aliphatic carbocycles. The van der Waals surface area contributed by atoms with Crippen LogP contribution < -0.4 is 0 Å². The average molecular weight is 170 g/mol. The summed E-state index contributed by atoms with van der Waals surface area (Å²) in [6.45, 7) is 9.25. The fourth-order valence-electron chi connectivity index (χ4n) is 0.527. The van der Waals surface area contributed by atoms with E-state index in [0.717, 1.165) is 26.3 Å². The molecule has 0 N–H and O–H groups in total. The predicted octanol–water partition coefficient (Wildman–Crippen LogP) is 0.892. The molecule has 2 heterocycles. The van der Waals surface area contributed by atoms with Crippen LogP contribution in [0.5, 0.6) is 0 Å². The maximum absolute atomic E-state index is 4.65. The largest absolute Gasteiger partial charge is 0.482 e. The fourth-order valence-corrected chi connectivity index (χ4v) is 0.527. The molecule has 0 atom stereocenters. The summed E-state index contributed by atoms with van der Waals surface area (Å²) >= 11 is 0. The van der Waals surface area contributed by atoms with Crippen molar-refractivity contribution in [2.45, 2.75) is 0 Å². The van der Waals surface area contributed by atoms with Crippen molar-refractivity contribution in [1.29, 1.82) is 0 Å². The fraction of sp³-hybridized carbons (Fsp3) is 0.500. The molecular formula is C8H14N2O2. The van der Waals surface area contributed by atoms with Gasteiger partial charge >= 0.3 is 0 Å². The van der Waals surface area contributed by atoms with Crippen molar-refractivity contribution in [3.8, 4) is 0 Å². The van der Waals surface area contributed by atoms with Crippen LogP contribution in [0.1, 0.15) is 0 Å². The number of ether oxygens (including phenoxy) is 2. The lowest BCUT2D eigenvalue weighted by atomic mass is 10.8. The Kier molecular flexibility index (Phi) is 8.62. The molecule has 0 amide bonds. The minimum atomic E-state index is 0.778. The topological polar surface area (TPSA) is 43.2 Å². The Balaban J connectivity index is 0.000000168. The molecular weight excluding hydrogens is 156 g/mol. The van der Waals surface area contributed by atoms with E-state index < -0.39 is 0 Å². The van der Waals surface area contributed by atoms with Crippen molar-refractivity contribution < 1.29 is 9.47 Å². The molecule has 2 aliphatic rings. The van der Waals surface area contributed by atoms with Crippen LogP contribution in [0, 0.1) is 0 Å². The molecule has 2 rings (SSSR count). The van der Waals surface area contributed by atoms with Crippen LogP contribution in [0.4, 0.5) is 0 Å². The molecule has 0 aromatic rings. The van der Waals surface area contributed by atoms with Gasteiger partial charge < -0.3 is 9.47 Å². The lowest BCUT2D eigenvalue weighted by Crippen LogP contribution is -1.80. The number of hydrogen-bond acceptors (Lipinski definition) is 4. The molecule has 0 fully saturated rings. The van der Waals surface area contributed by atoms with Crippen molar-refractivity contribution >= 4 is 12.8 Å². The predicted molar refractivity (Wildman–Crippen MR) is 49.9 cm³/mol. The minimum Gasteiger partial charge on any atom is -0.482 e. The van der Waals surface area contributed by atoms with Crippen molar-refractivity contribution in [1.82, 2.24) is 0 Å². The van der Waals surface area contributed by atoms with Gasteiger partial charge in [-0.25, -0.2) is 0 Å². The summed E-state index contributed by atoms with van der Waals surface area (Å²) in [4.78, 5) is 7.47. The monoisotopic (exact) mass is 170 g/mol. The van der Waals surface area contributed by atoms with Gasteiger partial charge in [-0.15, -0.1) is 13.2 Å². The highest BCUT2D eigenvalue weighted by molar-refractivity contribution is 5.48. The molecule has 0 bridgehead atoms. The van der Waals surface area contributed by atoms with Gasteiger partial charge in [0.15, 0.2) is 12.8 Å². The van der Waals surface area contributed by atoms with E-state index >= 15 is 0 Å². The van der Waals surface area contributed by atoms with Crippen LogP contribution in [0.15, 0.2) is 23.1 Å². The van der Waals surface area contributed by atoms with Crippen molar-refractivity contribution in [2.24, 2.45) is 9.98 Å². The van der Waals surface area contributed by atoms with Gasteiger partial charge in [0.25, 0.3) is 0 Å². The van der Waals surface area contributed by atoms with Crippen LogP contribution in [0.25, 0.3) is 0 Å². The minimum absolute atomic E-state index is 0.778. The highest BCUT2D eigenvalue weighted by Crippen LogP contribution is 1.79. The highest BCUT2D eigenvalue weighted by atomic mass is 16.5. The summed E-state index contributed by atoms with van der Waals surface area (Å²) in [5.74, 6) is 0. The van der Waals surface area contributed by atoms with Gasteiger partial charge in [0.2, 0.25) is 0 Å². The smallest absolute Gasteiger partial charge is 0.169 e. The lowest BCUT2D eigenvalue weighted by Gasteiger charge is -1.76. The molecule has 0 spiro atoms. The zero-order chi connectivity index (χ0) is 9.07. The lowest BCUT2D eigenvalue weighted by molar-refractivity contribution is 0.361. The Morgan fingerprint density at radius 3 is 1.42 bits per heavy atom. The molecule has 4 nitrogen and oxygen atoms in total. The van der Waals surface area contributed by atoms with Crippen molar-refractivity contribution in [2.75, 3.05) is 26.3 Å². The Morgan fingerprint density at radius 1 is 0.917 bits per heavy atom. The Labute approximate surface area is 72.6 Å². The van der Waals surface area contributed by atoms with E-state index in [-0.39, 0.29) is 0 Å². The summed E-state index contributed by atoms with van der Waals surface area (Å²) < 4.78 is 9.31. The number of rotatable bonds is 0. The number of nitrogens with zero attached hydrogens (tertiary/aromatic N) is 2. The quantitative estimate of drug-likeness (QED) is 0.507. The normalized spacial score (nSPS) is 16.3. The molecule has 2 aliphatic heterocycles. The van der Waals surface area contributed by atoms with Gasteiger partial charge in [0.05, 0.1) is 13.1 Å². The van der Waals surface area contributed by atoms with E-state index in [9.17, 15) is 0 Å². The van der Waals surface area contributed by atoms with Gasteiger partial charge in [0.1, 0.15) is 13.2 Å². The Morgan fingerprint density at radius 2 is 1.33 bits per heavy atom. The summed E-state index contributed by atoms with van der Waals surface area (Å²) in [5.41, 5.74) is 0. The number of aliphatic imine (C=N–C) groups is 2. The molecule has 0 unspecified atom stereocenters.